The van der Waals surface area contributed by atoms with Crippen LogP contribution >= 0.6 is 0 Å². The van der Waals surface area contributed by atoms with E-state index in [1.807, 2.05) is 6.07 Å². The third kappa shape index (κ3) is 6.59. The standard InChI is InChI=1S/C26H26FN5O5S/c1-35-22-13-20(14-23(36-2)24(22)37-3)30-26-28-15-21(27)25(31-26)29-18-9-11-19(12-10-18)32-38(33,34)16-17-7-5-4-6-8-17/h4-15,32H,16H2,1-3H3,(H2,28,29,30,31). The lowest BCUT2D eigenvalue weighted by Crippen LogP contribution is -2.15. The van der Waals surface area contributed by atoms with E-state index in [-0.39, 0.29) is 17.5 Å². The second kappa shape index (κ2) is 11.6. The van der Waals surface area contributed by atoms with Crippen LogP contribution in [0.2, 0.25) is 0 Å². The van der Waals surface area contributed by atoms with Crippen LogP contribution in [0, 0.1) is 5.82 Å². The molecule has 3 aromatic carbocycles. The van der Waals surface area contributed by atoms with Crippen molar-refractivity contribution < 1.29 is 27.0 Å². The third-order valence-electron chi connectivity index (χ3n) is 5.29. The summed E-state index contributed by atoms with van der Waals surface area (Å²) < 4.78 is 58.0. The minimum atomic E-state index is -3.60. The lowest BCUT2D eigenvalue weighted by Gasteiger charge is -2.15. The topological polar surface area (TPSA) is 124 Å². The molecule has 0 aliphatic rings. The maximum Gasteiger partial charge on any atom is 0.236 e. The number of hydrogen-bond donors (Lipinski definition) is 3. The van der Waals surface area contributed by atoms with Crippen LogP contribution in [-0.2, 0) is 15.8 Å². The molecule has 0 saturated carbocycles. The molecule has 3 N–H and O–H groups in total. The number of methoxy groups -OCH3 is 3. The second-order valence-electron chi connectivity index (χ2n) is 7.98. The van der Waals surface area contributed by atoms with Crippen LogP contribution < -0.4 is 29.6 Å². The number of ether oxygens (including phenoxy) is 3. The molecule has 0 fully saturated rings. The predicted molar refractivity (Wildman–Crippen MR) is 144 cm³/mol. The summed E-state index contributed by atoms with van der Waals surface area (Å²) in [7, 11) is 0.894. The highest BCUT2D eigenvalue weighted by Crippen LogP contribution is 2.40. The zero-order chi connectivity index (χ0) is 27.1. The van der Waals surface area contributed by atoms with E-state index < -0.39 is 15.8 Å². The number of nitrogens with zero attached hydrogens (tertiary/aromatic N) is 2. The van der Waals surface area contributed by atoms with E-state index in [2.05, 4.69) is 25.3 Å². The molecule has 0 aliphatic heterocycles. The molecular formula is C26H26FN5O5S. The molecule has 0 radical (unpaired) electrons. The molecule has 0 unspecified atom stereocenters. The lowest BCUT2D eigenvalue weighted by atomic mass is 10.2. The van der Waals surface area contributed by atoms with Gasteiger partial charge in [0.1, 0.15) is 0 Å². The van der Waals surface area contributed by atoms with Crippen molar-refractivity contribution in [2.45, 2.75) is 5.75 Å². The van der Waals surface area contributed by atoms with Crippen LogP contribution in [0.15, 0.2) is 72.9 Å². The molecule has 0 bridgehead atoms. The van der Waals surface area contributed by atoms with Gasteiger partial charge in [0.15, 0.2) is 23.1 Å². The van der Waals surface area contributed by atoms with E-state index in [9.17, 15) is 12.8 Å². The van der Waals surface area contributed by atoms with Gasteiger partial charge in [-0.25, -0.2) is 17.8 Å². The fourth-order valence-electron chi connectivity index (χ4n) is 3.56. The molecule has 10 nitrogen and oxygen atoms in total. The Balaban J connectivity index is 1.46. The SMILES string of the molecule is COc1cc(Nc2ncc(F)c(Nc3ccc(NS(=O)(=O)Cc4ccccc4)cc3)n2)cc(OC)c1OC. The molecule has 0 spiro atoms. The number of rotatable bonds is 11. The van der Waals surface area contributed by atoms with Crippen molar-refractivity contribution in [1.29, 1.82) is 0 Å². The first-order chi connectivity index (χ1) is 18.3. The molecule has 12 heteroatoms. The van der Waals surface area contributed by atoms with E-state index in [1.165, 1.54) is 21.3 Å². The van der Waals surface area contributed by atoms with Gasteiger partial charge in [-0.1, -0.05) is 30.3 Å². The summed E-state index contributed by atoms with van der Waals surface area (Å²) >= 11 is 0. The van der Waals surface area contributed by atoms with E-state index >= 15 is 0 Å². The van der Waals surface area contributed by atoms with Gasteiger partial charge in [-0.15, -0.1) is 0 Å². The minimum absolute atomic E-state index is 0.0765. The van der Waals surface area contributed by atoms with Crippen LogP contribution in [0.25, 0.3) is 0 Å². The quantitative estimate of drug-likeness (QED) is 0.240. The van der Waals surface area contributed by atoms with Gasteiger partial charge in [-0.3, -0.25) is 4.72 Å². The monoisotopic (exact) mass is 539 g/mol. The summed E-state index contributed by atoms with van der Waals surface area (Å²) in [6.07, 6.45) is 1.03. The molecule has 1 aromatic heterocycles. The van der Waals surface area contributed by atoms with Crippen LogP contribution in [0.5, 0.6) is 17.2 Å². The first kappa shape index (κ1) is 26.5. The molecule has 198 valence electrons. The minimum Gasteiger partial charge on any atom is -0.493 e. The molecule has 4 rings (SSSR count). The Hall–Kier alpha value is -4.58. The van der Waals surface area contributed by atoms with Crippen molar-refractivity contribution in [3.63, 3.8) is 0 Å². The zero-order valence-corrected chi connectivity index (χ0v) is 21.7. The summed E-state index contributed by atoms with van der Waals surface area (Å²) in [5.74, 6) is 0.494. The van der Waals surface area contributed by atoms with Crippen molar-refractivity contribution in [3.8, 4) is 17.2 Å². The average molecular weight is 540 g/mol. The van der Waals surface area contributed by atoms with Gasteiger partial charge in [-0.2, -0.15) is 4.98 Å². The number of hydrogen-bond acceptors (Lipinski definition) is 9. The molecule has 0 saturated heterocycles. The highest BCUT2D eigenvalue weighted by molar-refractivity contribution is 7.91. The summed E-state index contributed by atoms with van der Waals surface area (Å²) in [6.45, 7) is 0. The summed E-state index contributed by atoms with van der Waals surface area (Å²) in [6, 6.07) is 18.5. The number of aromatic nitrogens is 2. The van der Waals surface area contributed by atoms with Gasteiger partial charge in [0.2, 0.25) is 21.7 Å². The fourth-order valence-corrected chi connectivity index (χ4v) is 4.76. The fraction of sp³-hybridized carbons (Fsp3) is 0.154. The summed E-state index contributed by atoms with van der Waals surface area (Å²) in [5.41, 5.74) is 2.07. The predicted octanol–water partition coefficient (Wildman–Crippen LogP) is 5.07. The van der Waals surface area contributed by atoms with Crippen LogP contribution in [-0.4, -0.2) is 39.7 Å². The Bertz CT molecular complexity index is 1480. The average Bonchev–Trinajstić information content (AvgIpc) is 2.91. The van der Waals surface area contributed by atoms with Crippen molar-refractivity contribution in [1.82, 2.24) is 9.97 Å². The van der Waals surface area contributed by atoms with E-state index in [0.717, 1.165) is 6.20 Å². The van der Waals surface area contributed by atoms with Gasteiger partial charge in [-0.05, 0) is 29.8 Å². The zero-order valence-electron chi connectivity index (χ0n) is 20.9. The molecule has 0 atom stereocenters. The van der Waals surface area contributed by atoms with Crippen molar-refractivity contribution in [2.24, 2.45) is 0 Å². The van der Waals surface area contributed by atoms with Crippen molar-refractivity contribution in [2.75, 3.05) is 36.7 Å². The molecule has 0 aliphatic carbocycles. The number of anilines is 5. The van der Waals surface area contributed by atoms with Crippen molar-refractivity contribution in [3.05, 3.63) is 84.3 Å². The van der Waals surface area contributed by atoms with Gasteiger partial charge in [0.25, 0.3) is 0 Å². The molecule has 0 amide bonds. The van der Waals surface area contributed by atoms with Gasteiger partial charge in [0.05, 0.1) is 33.3 Å². The summed E-state index contributed by atoms with van der Waals surface area (Å²) in [5, 5.41) is 5.87. The van der Waals surface area contributed by atoms with Gasteiger partial charge in [0, 0.05) is 29.2 Å². The maximum absolute atomic E-state index is 14.5. The first-order valence-corrected chi connectivity index (χ1v) is 13.0. The maximum atomic E-state index is 14.5. The second-order valence-corrected chi connectivity index (χ2v) is 9.70. The number of halogens is 1. The van der Waals surface area contributed by atoms with Gasteiger partial charge < -0.3 is 24.8 Å². The highest BCUT2D eigenvalue weighted by Gasteiger charge is 2.15. The highest BCUT2D eigenvalue weighted by atomic mass is 32.2. The molecule has 38 heavy (non-hydrogen) atoms. The number of nitrogens with one attached hydrogen (secondary N) is 3. The molecule has 1 heterocycles. The normalized spacial score (nSPS) is 10.9. The smallest absolute Gasteiger partial charge is 0.236 e. The Kier molecular flexibility index (Phi) is 8.12. The Morgan fingerprint density at radius 3 is 2.05 bits per heavy atom. The van der Waals surface area contributed by atoms with E-state index in [4.69, 9.17) is 14.2 Å². The van der Waals surface area contributed by atoms with Crippen LogP contribution in [0.3, 0.4) is 0 Å². The van der Waals surface area contributed by atoms with Crippen LogP contribution in [0.1, 0.15) is 5.56 Å². The Morgan fingerprint density at radius 1 is 0.816 bits per heavy atom. The first-order valence-electron chi connectivity index (χ1n) is 11.3. The van der Waals surface area contributed by atoms with E-state index in [1.54, 1.807) is 60.7 Å². The summed E-state index contributed by atoms with van der Waals surface area (Å²) in [4.78, 5) is 8.20. The lowest BCUT2D eigenvalue weighted by molar-refractivity contribution is 0.324. The molecular weight excluding hydrogens is 513 g/mol. The van der Waals surface area contributed by atoms with E-state index in [0.29, 0.717) is 39.9 Å². The Labute approximate surface area is 219 Å². The number of sulfonamides is 1. The largest absolute Gasteiger partial charge is 0.493 e. The van der Waals surface area contributed by atoms with Crippen molar-refractivity contribution >= 4 is 38.9 Å². The molecule has 4 aromatic rings. The van der Waals surface area contributed by atoms with Gasteiger partial charge >= 0.3 is 0 Å². The van der Waals surface area contributed by atoms with Crippen LogP contribution in [0.4, 0.5) is 33.2 Å². The third-order valence-corrected chi connectivity index (χ3v) is 6.55. The Morgan fingerprint density at radius 2 is 1.45 bits per heavy atom. The number of benzene rings is 3.